The highest BCUT2D eigenvalue weighted by Gasteiger charge is 2.10. The first-order chi connectivity index (χ1) is 9.31. The zero-order valence-corrected chi connectivity index (χ0v) is 10.7. The third-order valence-corrected chi connectivity index (χ3v) is 3.17. The van der Waals surface area contributed by atoms with Gasteiger partial charge in [0.1, 0.15) is 0 Å². The summed E-state index contributed by atoms with van der Waals surface area (Å²) in [6, 6.07) is 7.98. The van der Waals surface area contributed by atoms with E-state index in [1.807, 2.05) is 42.0 Å². The molecule has 0 unspecified atom stereocenters. The van der Waals surface area contributed by atoms with Crippen molar-refractivity contribution in [1.29, 1.82) is 0 Å². The highest BCUT2D eigenvalue weighted by Crippen LogP contribution is 2.21. The second kappa shape index (κ2) is 4.85. The molecule has 0 aliphatic carbocycles. The lowest BCUT2D eigenvalue weighted by atomic mass is 10.2. The second-order valence-electron chi connectivity index (χ2n) is 4.42. The molecule has 5 nitrogen and oxygen atoms in total. The van der Waals surface area contributed by atoms with Crippen molar-refractivity contribution in [3.63, 3.8) is 0 Å². The van der Waals surface area contributed by atoms with Crippen LogP contribution >= 0.6 is 0 Å². The van der Waals surface area contributed by atoms with Crippen LogP contribution in [0.5, 0.6) is 0 Å². The van der Waals surface area contributed by atoms with Crippen molar-refractivity contribution in [2.45, 2.75) is 26.5 Å². The van der Waals surface area contributed by atoms with Gasteiger partial charge in [-0.25, -0.2) is 0 Å². The van der Waals surface area contributed by atoms with Crippen LogP contribution < -0.4 is 0 Å². The third-order valence-electron chi connectivity index (χ3n) is 3.17. The van der Waals surface area contributed by atoms with Gasteiger partial charge in [0.2, 0.25) is 5.89 Å². The maximum Gasteiger partial charge on any atom is 0.226 e. The third kappa shape index (κ3) is 2.13. The predicted molar refractivity (Wildman–Crippen MR) is 70.6 cm³/mol. The highest BCUT2D eigenvalue weighted by atomic mass is 16.5. The van der Waals surface area contributed by atoms with Crippen LogP contribution in [0.2, 0.25) is 0 Å². The van der Waals surface area contributed by atoms with E-state index in [2.05, 4.69) is 10.1 Å². The minimum Gasteiger partial charge on any atom is -0.392 e. The molecule has 2 heterocycles. The summed E-state index contributed by atoms with van der Waals surface area (Å²) in [5, 5.41) is 14.4. The number of hydrogen-bond donors (Lipinski definition) is 1. The molecule has 0 saturated carbocycles. The van der Waals surface area contributed by atoms with E-state index in [9.17, 15) is 5.11 Å². The van der Waals surface area contributed by atoms with Gasteiger partial charge in [-0.05, 0) is 6.07 Å². The quantitative estimate of drug-likeness (QED) is 0.777. The van der Waals surface area contributed by atoms with Gasteiger partial charge in [0.05, 0.1) is 13.2 Å². The minimum atomic E-state index is 0.0277. The molecule has 1 aromatic carbocycles. The van der Waals surface area contributed by atoms with Crippen molar-refractivity contribution >= 4 is 10.9 Å². The molecule has 0 amide bonds. The van der Waals surface area contributed by atoms with E-state index in [0.717, 1.165) is 22.9 Å². The Balaban J connectivity index is 2.00. The van der Waals surface area contributed by atoms with E-state index >= 15 is 0 Å². The molecule has 0 aliphatic heterocycles. The SMILES string of the molecule is CCc1nc(Cn2cc(CO)c3ccccc32)no1. The topological polar surface area (TPSA) is 64.1 Å². The first kappa shape index (κ1) is 11.9. The molecular formula is C14H15N3O2. The minimum absolute atomic E-state index is 0.0277. The number of fused-ring (bicyclic) bond motifs is 1. The average molecular weight is 257 g/mol. The Morgan fingerprint density at radius 3 is 2.89 bits per heavy atom. The Morgan fingerprint density at radius 2 is 2.16 bits per heavy atom. The summed E-state index contributed by atoms with van der Waals surface area (Å²) < 4.78 is 7.14. The van der Waals surface area contributed by atoms with Crippen LogP contribution in [0.15, 0.2) is 35.0 Å². The molecule has 0 spiro atoms. The van der Waals surface area contributed by atoms with E-state index in [1.54, 1.807) is 0 Å². The summed E-state index contributed by atoms with van der Waals surface area (Å²) in [5.74, 6) is 1.30. The monoisotopic (exact) mass is 257 g/mol. The van der Waals surface area contributed by atoms with Crippen LogP contribution in [0.3, 0.4) is 0 Å². The summed E-state index contributed by atoms with van der Waals surface area (Å²) in [6.07, 6.45) is 2.67. The van der Waals surface area contributed by atoms with Crippen molar-refractivity contribution in [3.8, 4) is 0 Å². The Labute approximate surface area is 110 Å². The molecule has 2 aromatic heterocycles. The predicted octanol–water partition coefficient (Wildman–Crippen LogP) is 2.13. The number of aliphatic hydroxyl groups excluding tert-OH is 1. The molecule has 3 aromatic rings. The molecule has 0 bridgehead atoms. The molecule has 1 N–H and O–H groups in total. The lowest BCUT2D eigenvalue weighted by Crippen LogP contribution is -2.00. The van der Waals surface area contributed by atoms with Crippen LogP contribution in [0.4, 0.5) is 0 Å². The standard InChI is InChI=1S/C14H15N3O2/c1-2-14-15-13(16-19-14)8-17-7-10(9-18)11-5-3-4-6-12(11)17/h3-7,18H,2,8-9H2,1H3. The van der Waals surface area contributed by atoms with Gasteiger partial charge < -0.3 is 14.2 Å². The number of aryl methyl sites for hydroxylation is 1. The maximum absolute atomic E-state index is 9.39. The largest absolute Gasteiger partial charge is 0.392 e. The molecule has 0 fully saturated rings. The second-order valence-corrected chi connectivity index (χ2v) is 4.42. The van der Waals surface area contributed by atoms with Gasteiger partial charge in [0, 0.05) is 29.1 Å². The van der Waals surface area contributed by atoms with Crippen molar-refractivity contribution in [2.24, 2.45) is 0 Å². The van der Waals surface area contributed by atoms with Crippen LogP contribution in [-0.2, 0) is 19.6 Å². The molecule has 0 radical (unpaired) electrons. The highest BCUT2D eigenvalue weighted by molar-refractivity contribution is 5.83. The number of benzene rings is 1. The Hall–Kier alpha value is -2.14. The van der Waals surface area contributed by atoms with Gasteiger partial charge in [-0.1, -0.05) is 30.3 Å². The Bertz CT molecular complexity index is 700. The first-order valence-corrected chi connectivity index (χ1v) is 6.31. The van der Waals surface area contributed by atoms with Gasteiger partial charge in [-0.15, -0.1) is 0 Å². The van der Waals surface area contributed by atoms with Crippen molar-refractivity contribution in [1.82, 2.24) is 14.7 Å². The fraction of sp³-hybridized carbons (Fsp3) is 0.286. The fourth-order valence-electron chi connectivity index (χ4n) is 2.23. The van der Waals surface area contributed by atoms with Crippen molar-refractivity contribution in [2.75, 3.05) is 0 Å². The van der Waals surface area contributed by atoms with Gasteiger partial charge in [0.15, 0.2) is 5.82 Å². The zero-order valence-electron chi connectivity index (χ0n) is 10.7. The molecular weight excluding hydrogens is 242 g/mol. The number of hydrogen-bond acceptors (Lipinski definition) is 4. The van der Waals surface area contributed by atoms with E-state index < -0.39 is 0 Å². The van der Waals surface area contributed by atoms with E-state index in [0.29, 0.717) is 18.3 Å². The van der Waals surface area contributed by atoms with E-state index in [-0.39, 0.29) is 6.61 Å². The number of rotatable bonds is 4. The fourth-order valence-corrected chi connectivity index (χ4v) is 2.23. The van der Waals surface area contributed by atoms with Gasteiger partial charge >= 0.3 is 0 Å². The summed E-state index contributed by atoms with van der Waals surface area (Å²) in [7, 11) is 0. The zero-order chi connectivity index (χ0) is 13.2. The molecule has 0 aliphatic rings. The lowest BCUT2D eigenvalue weighted by Gasteiger charge is -2.00. The van der Waals surface area contributed by atoms with Crippen LogP contribution in [-0.4, -0.2) is 19.8 Å². The first-order valence-electron chi connectivity index (χ1n) is 6.31. The number of para-hydroxylation sites is 1. The Kier molecular flexibility index (Phi) is 3.05. The van der Waals surface area contributed by atoms with E-state index in [4.69, 9.17) is 4.52 Å². The molecule has 3 rings (SSSR count). The normalized spacial score (nSPS) is 11.3. The van der Waals surface area contributed by atoms with E-state index in [1.165, 1.54) is 0 Å². The van der Waals surface area contributed by atoms with Gasteiger partial charge in [-0.2, -0.15) is 4.98 Å². The molecule has 19 heavy (non-hydrogen) atoms. The summed E-state index contributed by atoms with van der Waals surface area (Å²) >= 11 is 0. The van der Waals surface area contributed by atoms with Crippen LogP contribution in [0.25, 0.3) is 10.9 Å². The van der Waals surface area contributed by atoms with Crippen molar-refractivity contribution in [3.05, 3.63) is 47.7 Å². The summed E-state index contributed by atoms with van der Waals surface area (Å²) in [6.45, 7) is 2.55. The summed E-state index contributed by atoms with van der Waals surface area (Å²) in [4.78, 5) is 4.30. The van der Waals surface area contributed by atoms with Gasteiger partial charge in [0.25, 0.3) is 0 Å². The molecule has 0 saturated heterocycles. The molecule has 5 heteroatoms. The maximum atomic E-state index is 9.39. The van der Waals surface area contributed by atoms with Crippen LogP contribution in [0.1, 0.15) is 24.2 Å². The van der Waals surface area contributed by atoms with Crippen molar-refractivity contribution < 1.29 is 9.63 Å². The Morgan fingerprint density at radius 1 is 1.32 bits per heavy atom. The molecule has 0 atom stereocenters. The molecule has 98 valence electrons. The lowest BCUT2D eigenvalue weighted by molar-refractivity contribution is 0.283. The van der Waals surface area contributed by atoms with Gasteiger partial charge in [-0.3, -0.25) is 0 Å². The number of aromatic nitrogens is 3. The smallest absolute Gasteiger partial charge is 0.226 e. The number of aliphatic hydroxyl groups is 1. The average Bonchev–Trinajstić information content (AvgIpc) is 3.04. The summed E-state index contributed by atoms with van der Waals surface area (Å²) in [5.41, 5.74) is 1.98. The van der Waals surface area contributed by atoms with Crippen LogP contribution in [0, 0.1) is 0 Å². The number of nitrogens with zero attached hydrogens (tertiary/aromatic N) is 3.